The van der Waals surface area contributed by atoms with E-state index in [2.05, 4.69) is 259 Å². The van der Waals surface area contributed by atoms with Gasteiger partial charge in [-0.1, -0.05) is 223 Å². The molecular weight excluding hydrogens is 769 g/mol. The first-order valence-corrected chi connectivity index (χ1v) is 22.3. The van der Waals surface area contributed by atoms with Crippen LogP contribution in [-0.2, 0) is 10.8 Å². The van der Waals surface area contributed by atoms with Crippen molar-refractivity contribution >= 4 is 32.3 Å². The molecule has 0 spiro atoms. The van der Waals surface area contributed by atoms with E-state index in [0.29, 0.717) is 0 Å². The molecule has 0 fully saturated rings. The summed E-state index contributed by atoms with van der Waals surface area (Å²) >= 11 is 0. The molecule has 10 rings (SSSR count). The summed E-state index contributed by atoms with van der Waals surface area (Å²) in [6.07, 6.45) is 0. The van der Waals surface area contributed by atoms with Crippen LogP contribution in [0.3, 0.4) is 0 Å². The van der Waals surface area contributed by atoms with Gasteiger partial charge in [-0.05, 0) is 135 Å². The lowest BCUT2D eigenvalue weighted by Gasteiger charge is -2.21. The van der Waals surface area contributed by atoms with Crippen molar-refractivity contribution in [2.45, 2.75) is 52.4 Å². The predicted octanol–water partition coefficient (Wildman–Crippen LogP) is 16.6. The second kappa shape index (κ2) is 16.2. The maximum Gasteiger partial charge on any atom is 0.0334 e. The summed E-state index contributed by atoms with van der Waals surface area (Å²) in [5, 5.41) is 7.08. The number of benzene rings is 10. The van der Waals surface area contributed by atoms with Gasteiger partial charge in [-0.3, -0.25) is 0 Å². The quantitative estimate of drug-likeness (QED) is 0.123. The zero-order valence-corrected chi connectivity index (χ0v) is 37.5. The van der Waals surface area contributed by atoms with Crippen molar-refractivity contribution in [2.24, 2.45) is 0 Å². The normalized spacial score (nSPS) is 11.7. The lowest BCUT2D eigenvalue weighted by molar-refractivity contribution is 0.590. The van der Waals surface area contributed by atoms with Gasteiger partial charge >= 0.3 is 0 Å². The van der Waals surface area contributed by atoms with E-state index in [1.54, 1.807) is 0 Å². The molecule has 0 amide bonds. The number of rotatable bonds is 4. The first-order valence-electron chi connectivity index (χ1n) is 22.3. The summed E-state index contributed by atoms with van der Waals surface area (Å²) in [4.78, 5) is 0. The molecule has 0 radical (unpaired) electrons. The molecule has 0 aliphatic carbocycles. The Hall–Kier alpha value is -7.64. The van der Waals surface area contributed by atoms with Crippen LogP contribution in [0, 0.1) is 23.7 Å². The van der Waals surface area contributed by atoms with E-state index in [1.165, 1.54) is 66.1 Å². The third-order valence-corrected chi connectivity index (χ3v) is 12.7. The molecule has 0 heterocycles. The minimum absolute atomic E-state index is 0.0691. The molecule has 0 heteroatoms. The van der Waals surface area contributed by atoms with Gasteiger partial charge in [0.05, 0.1) is 0 Å². The molecule has 0 unspecified atom stereocenters. The monoisotopic (exact) mass is 818 g/mol. The lowest BCUT2D eigenvalue weighted by Crippen LogP contribution is -2.10. The second-order valence-corrected chi connectivity index (χ2v) is 19.0. The average molecular weight is 819 g/mol. The van der Waals surface area contributed by atoms with Gasteiger partial charge in [0.15, 0.2) is 0 Å². The first-order chi connectivity index (χ1) is 31.0. The van der Waals surface area contributed by atoms with Crippen molar-refractivity contribution in [1.29, 1.82) is 0 Å². The fraction of sp³-hybridized carbons (Fsp3) is 0.125. The van der Waals surface area contributed by atoms with E-state index in [1.807, 2.05) is 0 Å². The molecule has 64 heavy (non-hydrogen) atoms. The van der Waals surface area contributed by atoms with Gasteiger partial charge in [-0.15, -0.1) is 0 Å². The summed E-state index contributed by atoms with van der Waals surface area (Å²) < 4.78 is 0. The molecule has 0 aliphatic rings. The highest BCUT2D eigenvalue weighted by molar-refractivity contribution is 6.30. The fourth-order valence-corrected chi connectivity index (χ4v) is 9.21. The van der Waals surface area contributed by atoms with E-state index in [4.69, 9.17) is 0 Å². The molecular formula is C64H50. The summed E-state index contributed by atoms with van der Waals surface area (Å²) in [5.74, 6) is 14.6. The standard InChI is InChI=1S/C64H50/c1-63(2,3)49-33-27-43(28-34-49)25-31-47-41-59(55-23-15-13-21-51(55)45-17-9-7-10-18-45)57-39-40-58-60(56-24-16-14-22-52(56)46-19-11-8-12-20-46)42-48(54-38-37-53(47)61(57)62(54)58)32-26-44-29-35-50(36-30-44)64(4,5)6/h7-24,27-30,33-42H,1-6H3. The third-order valence-electron chi connectivity index (χ3n) is 12.7. The number of hydrogen-bond acceptors (Lipinski definition) is 0. The average Bonchev–Trinajstić information content (AvgIpc) is 3.32. The van der Waals surface area contributed by atoms with Crippen molar-refractivity contribution in [3.63, 3.8) is 0 Å². The van der Waals surface area contributed by atoms with Gasteiger partial charge in [0, 0.05) is 22.3 Å². The molecule has 0 aliphatic heterocycles. The molecule has 10 aromatic carbocycles. The smallest absolute Gasteiger partial charge is 0.0334 e. The van der Waals surface area contributed by atoms with Crippen LogP contribution in [0.4, 0.5) is 0 Å². The minimum atomic E-state index is 0.0691. The van der Waals surface area contributed by atoms with E-state index < -0.39 is 0 Å². The van der Waals surface area contributed by atoms with Gasteiger partial charge in [0.1, 0.15) is 0 Å². The van der Waals surface area contributed by atoms with Gasteiger partial charge in [-0.2, -0.15) is 0 Å². The summed E-state index contributed by atoms with van der Waals surface area (Å²) in [6.45, 7) is 13.5. The SMILES string of the molecule is CC(C)(C)c1ccc(C#Cc2cc(-c3ccccc3-c3ccccc3)c3ccc4c(-c5ccccc5-c5ccccc5)cc(C#Cc5ccc(C(C)(C)C)cc5)c5ccc2c3c54)cc1. The maximum atomic E-state index is 3.72. The molecule has 10 aromatic rings. The summed E-state index contributed by atoms with van der Waals surface area (Å²) in [5.41, 5.74) is 16.2. The molecule has 0 nitrogen and oxygen atoms in total. The Labute approximate surface area is 378 Å². The number of hydrogen-bond donors (Lipinski definition) is 0. The Kier molecular flexibility index (Phi) is 10.3. The van der Waals surface area contributed by atoms with Crippen molar-refractivity contribution in [3.8, 4) is 68.2 Å². The summed E-state index contributed by atoms with van der Waals surface area (Å²) in [6, 6.07) is 70.5. The van der Waals surface area contributed by atoms with Crippen LogP contribution in [0.5, 0.6) is 0 Å². The molecule has 0 atom stereocenters. The summed E-state index contributed by atoms with van der Waals surface area (Å²) in [7, 11) is 0. The van der Waals surface area contributed by atoms with E-state index in [-0.39, 0.29) is 10.8 Å². The predicted molar refractivity (Wildman–Crippen MR) is 274 cm³/mol. The Bertz CT molecular complexity index is 3220. The van der Waals surface area contributed by atoms with Crippen LogP contribution in [-0.4, -0.2) is 0 Å². The van der Waals surface area contributed by atoms with Crippen LogP contribution in [0.1, 0.15) is 74.9 Å². The molecule has 0 N–H and O–H groups in total. The minimum Gasteiger partial charge on any atom is -0.0622 e. The van der Waals surface area contributed by atoms with Gasteiger partial charge < -0.3 is 0 Å². The highest BCUT2D eigenvalue weighted by Crippen LogP contribution is 2.47. The van der Waals surface area contributed by atoms with Crippen molar-refractivity contribution in [2.75, 3.05) is 0 Å². The van der Waals surface area contributed by atoms with Crippen LogP contribution < -0.4 is 0 Å². The van der Waals surface area contributed by atoms with Crippen molar-refractivity contribution in [3.05, 3.63) is 228 Å². The largest absolute Gasteiger partial charge is 0.0622 e. The molecule has 0 aromatic heterocycles. The highest BCUT2D eigenvalue weighted by atomic mass is 14.2. The van der Waals surface area contributed by atoms with Gasteiger partial charge in [0.2, 0.25) is 0 Å². The molecule has 306 valence electrons. The third kappa shape index (κ3) is 7.64. The maximum absolute atomic E-state index is 3.72. The Morgan fingerprint density at radius 2 is 0.609 bits per heavy atom. The molecule has 0 bridgehead atoms. The van der Waals surface area contributed by atoms with Crippen LogP contribution in [0.25, 0.3) is 76.8 Å². The lowest BCUT2D eigenvalue weighted by atomic mass is 9.82. The van der Waals surface area contributed by atoms with Crippen LogP contribution in [0.2, 0.25) is 0 Å². The van der Waals surface area contributed by atoms with E-state index in [0.717, 1.165) is 44.2 Å². The van der Waals surface area contributed by atoms with Crippen molar-refractivity contribution in [1.82, 2.24) is 0 Å². The van der Waals surface area contributed by atoms with Gasteiger partial charge in [0.25, 0.3) is 0 Å². The van der Waals surface area contributed by atoms with Crippen molar-refractivity contribution < 1.29 is 0 Å². The second-order valence-electron chi connectivity index (χ2n) is 19.0. The van der Waals surface area contributed by atoms with E-state index in [9.17, 15) is 0 Å². The topological polar surface area (TPSA) is 0 Å². The zero-order chi connectivity index (χ0) is 44.0. The van der Waals surface area contributed by atoms with Crippen LogP contribution >= 0.6 is 0 Å². The van der Waals surface area contributed by atoms with Gasteiger partial charge in [-0.25, -0.2) is 0 Å². The first kappa shape index (κ1) is 40.4. The molecule has 0 saturated carbocycles. The van der Waals surface area contributed by atoms with Crippen LogP contribution in [0.15, 0.2) is 194 Å². The Morgan fingerprint density at radius 1 is 0.281 bits per heavy atom. The fourth-order valence-electron chi connectivity index (χ4n) is 9.21. The highest BCUT2D eigenvalue weighted by Gasteiger charge is 2.22. The zero-order valence-electron chi connectivity index (χ0n) is 37.5. The Morgan fingerprint density at radius 3 is 0.969 bits per heavy atom. The Balaban J connectivity index is 1.29. The van der Waals surface area contributed by atoms with E-state index >= 15 is 0 Å². The molecule has 0 saturated heterocycles.